The van der Waals surface area contributed by atoms with Gasteiger partial charge in [-0.1, -0.05) is 23.8 Å². The van der Waals surface area contributed by atoms with Gasteiger partial charge in [-0.3, -0.25) is 10.1 Å². The number of hydrogen-bond donors (Lipinski definition) is 1. The SMILES string of the molecule is Cc1ccc(C)c(C2NC(C)C(=O)N2CC2CCOC2)c1. The van der Waals surface area contributed by atoms with Gasteiger partial charge in [-0.25, -0.2) is 0 Å². The second-order valence-electron chi connectivity index (χ2n) is 6.37. The van der Waals surface area contributed by atoms with Crippen molar-refractivity contribution in [2.45, 2.75) is 39.4 Å². The second kappa shape index (κ2) is 5.78. The summed E-state index contributed by atoms with van der Waals surface area (Å²) in [6.07, 6.45) is 1.05. The Morgan fingerprint density at radius 2 is 2.19 bits per heavy atom. The number of benzene rings is 1. The maximum absolute atomic E-state index is 12.5. The quantitative estimate of drug-likeness (QED) is 0.926. The molecule has 2 fully saturated rings. The maximum Gasteiger partial charge on any atom is 0.241 e. The molecule has 1 N–H and O–H groups in total. The number of nitrogens with one attached hydrogen (secondary N) is 1. The molecule has 0 radical (unpaired) electrons. The van der Waals surface area contributed by atoms with Crippen molar-refractivity contribution in [3.05, 3.63) is 34.9 Å². The first-order chi connectivity index (χ1) is 10.1. The topological polar surface area (TPSA) is 41.6 Å². The average Bonchev–Trinajstić information content (AvgIpc) is 3.06. The number of carbonyl (C=O) groups excluding carboxylic acids is 1. The molecular weight excluding hydrogens is 264 g/mol. The van der Waals surface area contributed by atoms with Crippen LogP contribution in [0.1, 0.15) is 36.2 Å². The number of hydrogen-bond acceptors (Lipinski definition) is 3. The van der Waals surface area contributed by atoms with Gasteiger partial charge in [0.05, 0.1) is 12.6 Å². The summed E-state index contributed by atoms with van der Waals surface area (Å²) in [5.74, 6) is 0.668. The second-order valence-corrected chi connectivity index (χ2v) is 6.37. The number of carbonyl (C=O) groups is 1. The van der Waals surface area contributed by atoms with Gasteiger partial charge in [0.25, 0.3) is 0 Å². The van der Waals surface area contributed by atoms with Gasteiger partial charge >= 0.3 is 0 Å². The number of aryl methyl sites for hydroxylation is 2. The Kier molecular flexibility index (Phi) is 4.00. The molecule has 4 heteroatoms. The zero-order valence-corrected chi connectivity index (χ0v) is 13.1. The zero-order valence-electron chi connectivity index (χ0n) is 13.1. The first kappa shape index (κ1) is 14.5. The molecule has 1 aromatic rings. The zero-order chi connectivity index (χ0) is 15.0. The van der Waals surface area contributed by atoms with E-state index in [1.54, 1.807) is 0 Å². The average molecular weight is 288 g/mol. The van der Waals surface area contributed by atoms with Crippen LogP contribution in [0.25, 0.3) is 0 Å². The Hall–Kier alpha value is -1.39. The molecule has 21 heavy (non-hydrogen) atoms. The molecule has 0 spiro atoms. The largest absolute Gasteiger partial charge is 0.381 e. The predicted molar refractivity (Wildman–Crippen MR) is 81.9 cm³/mol. The van der Waals surface area contributed by atoms with Gasteiger partial charge < -0.3 is 9.64 Å². The molecule has 0 saturated carbocycles. The molecule has 1 amide bonds. The van der Waals surface area contributed by atoms with Crippen molar-refractivity contribution >= 4 is 5.91 Å². The van der Waals surface area contributed by atoms with Gasteiger partial charge in [-0.05, 0) is 38.3 Å². The van der Waals surface area contributed by atoms with Crippen molar-refractivity contribution in [2.75, 3.05) is 19.8 Å². The smallest absolute Gasteiger partial charge is 0.241 e. The van der Waals surface area contributed by atoms with E-state index in [0.717, 1.165) is 26.2 Å². The van der Waals surface area contributed by atoms with E-state index in [0.29, 0.717) is 5.92 Å². The van der Waals surface area contributed by atoms with Crippen LogP contribution in [-0.4, -0.2) is 36.6 Å². The van der Waals surface area contributed by atoms with Crippen LogP contribution in [0.2, 0.25) is 0 Å². The van der Waals surface area contributed by atoms with Crippen molar-refractivity contribution in [3.8, 4) is 0 Å². The minimum Gasteiger partial charge on any atom is -0.381 e. The van der Waals surface area contributed by atoms with Crippen molar-refractivity contribution in [1.29, 1.82) is 0 Å². The molecule has 4 nitrogen and oxygen atoms in total. The minimum absolute atomic E-state index is 0.00648. The molecule has 0 bridgehead atoms. The van der Waals surface area contributed by atoms with Gasteiger partial charge in [-0.15, -0.1) is 0 Å². The lowest BCUT2D eigenvalue weighted by atomic mass is 10.0. The molecule has 114 valence electrons. The van der Waals surface area contributed by atoms with Gasteiger partial charge in [-0.2, -0.15) is 0 Å². The van der Waals surface area contributed by atoms with E-state index in [9.17, 15) is 4.79 Å². The monoisotopic (exact) mass is 288 g/mol. The molecule has 1 aromatic carbocycles. The molecule has 2 heterocycles. The molecule has 3 unspecified atom stereocenters. The number of nitrogens with zero attached hydrogens (tertiary/aromatic N) is 1. The van der Waals surface area contributed by atoms with Crippen LogP contribution >= 0.6 is 0 Å². The summed E-state index contributed by atoms with van der Waals surface area (Å²) in [6.45, 7) is 8.54. The van der Waals surface area contributed by atoms with E-state index >= 15 is 0 Å². The molecule has 2 saturated heterocycles. The third-order valence-electron chi connectivity index (χ3n) is 4.58. The normalized spacial score (nSPS) is 29.4. The van der Waals surface area contributed by atoms with Crippen LogP contribution in [-0.2, 0) is 9.53 Å². The number of amides is 1. The van der Waals surface area contributed by atoms with Crippen LogP contribution in [0.4, 0.5) is 0 Å². The van der Waals surface area contributed by atoms with Crippen molar-refractivity contribution in [3.63, 3.8) is 0 Å². The number of rotatable bonds is 3. The first-order valence-electron chi connectivity index (χ1n) is 7.77. The molecule has 3 atom stereocenters. The summed E-state index contributed by atoms with van der Waals surface area (Å²) in [5, 5.41) is 3.45. The van der Waals surface area contributed by atoms with E-state index in [1.165, 1.54) is 16.7 Å². The van der Waals surface area contributed by atoms with Crippen molar-refractivity contribution in [2.24, 2.45) is 5.92 Å². The lowest BCUT2D eigenvalue weighted by molar-refractivity contribution is -0.130. The Morgan fingerprint density at radius 1 is 1.38 bits per heavy atom. The van der Waals surface area contributed by atoms with Crippen molar-refractivity contribution < 1.29 is 9.53 Å². The minimum atomic E-state index is -0.114. The highest BCUT2D eigenvalue weighted by atomic mass is 16.5. The molecule has 3 rings (SSSR count). The van der Waals surface area contributed by atoms with E-state index in [1.807, 2.05) is 11.8 Å². The molecule has 0 aromatic heterocycles. The summed E-state index contributed by atoms with van der Waals surface area (Å²) in [5.41, 5.74) is 3.67. The van der Waals surface area contributed by atoms with Crippen LogP contribution < -0.4 is 5.32 Å². The van der Waals surface area contributed by atoms with Crippen LogP contribution in [0.15, 0.2) is 18.2 Å². The van der Waals surface area contributed by atoms with Crippen LogP contribution in [0, 0.1) is 19.8 Å². The Bertz CT molecular complexity index is 538. The molecular formula is C17H24N2O2. The molecule has 0 aliphatic carbocycles. The lowest BCUT2D eigenvalue weighted by Gasteiger charge is -2.28. The van der Waals surface area contributed by atoms with Gasteiger partial charge in [0.15, 0.2) is 0 Å². The summed E-state index contributed by atoms with van der Waals surface area (Å²) in [7, 11) is 0. The third-order valence-corrected chi connectivity index (χ3v) is 4.58. The standard InChI is InChI=1S/C17H24N2O2/c1-11-4-5-12(2)15(8-11)16-18-13(3)17(20)19(16)9-14-6-7-21-10-14/h4-5,8,13-14,16,18H,6-7,9-10H2,1-3H3. The fourth-order valence-corrected chi connectivity index (χ4v) is 3.29. The van der Waals surface area contributed by atoms with E-state index in [-0.39, 0.29) is 18.1 Å². The molecule has 2 aliphatic rings. The maximum atomic E-state index is 12.5. The van der Waals surface area contributed by atoms with E-state index in [2.05, 4.69) is 37.4 Å². The summed E-state index contributed by atoms with van der Waals surface area (Å²) in [6, 6.07) is 6.33. The predicted octanol–water partition coefficient (Wildman–Crippen LogP) is 2.16. The van der Waals surface area contributed by atoms with E-state index in [4.69, 9.17) is 4.74 Å². The summed E-state index contributed by atoms with van der Waals surface area (Å²) < 4.78 is 5.45. The Morgan fingerprint density at radius 3 is 2.90 bits per heavy atom. The van der Waals surface area contributed by atoms with Gasteiger partial charge in [0.2, 0.25) is 5.91 Å². The highest BCUT2D eigenvalue weighted by molar-refractivity contribution is 5.84. The fourth-order valence-electron chi connectivity index (χ4n) is 3.29. The third kappa shape index (κ3) is 2.83. The van der Waals surface area contributed by atoms with Crippen LogP contribution in [0.3, 0.4) is 0 Å². The highest BCUT2D eigenvalue weighted by Crippen LogP contribution is 2.30. The summed E-state index contributed by atoms with van der Waals surface area (Å²) in [4.78, 5) is 14.5. The van der Waals surface area contributed by atoms with Crippen LogP contribution in [0.5, 0.6) is 0 Å². The number of ether oxygens (including phenoxy) is 1. The molecule has 2 aliphatic heterocycles. The fraction of sp³-hybridized carbons (Fsp3) is 0.588. The first-order valence-corrected chi connectivity index (χ1v) is 7.77. The highest BCUT2D eigenvalue weighted by Gasteiger charge is 2.39. The Labute approximate surface area is 126 Å². The Balaban J connectivity index is 1.87. The lowest BCUT2D eigenvalue weighted by Crippen LogP contribution is -2.35. The van der Waals surface area contributed by atoms with Gasteiger partial charge in [0.1, 0.15) is 6.17 Å². The van der Waals surface area contributed by atoms with E-state index < -0.39 is 0 Å². The summed E-state index contributed by atoms with van der Waals surface area (Å²) >= 11 is 0. The van der Waals surface area contributed by atoms with Crippen molar-refractivity contribution in [1.82, 2.24) is 10.2 Å². The van der Waals surface area contributed by atoms with Gasteiger partial charge in [0, 0.05) is 19.1 Å².